The van der Waals surface area contributed by atoms with E-state index < -0.39 is 6.16 Å². The van der Waals surface area contributed by atoms with Crippen LogP contribution in [0, 0.1) is 0 Å². The molecule has 1 fully saturated rings. The van der Waals surface area contributed by atoms with E-state index in [0.29, 0.717) is 5.75 Å². The van der Waals surface area contributed by atoms with E-state index in [0.717, 1.165) is 12.8 Å². The number of hydrogen-bond donors (Lipinski definition) is 0. The van der Waals surface area contributed by atoms with Gasteiger partial charge in [0.15, 0.2) is 0 Å². The molecule has 1 aromatic rings. The second kappa shape index (κ2) is 3.29. The molecule has 14 heavy (non-hydrogen) atoms. The average molecular weight is 193 g/mol. The second-order valence-electron chi connectivity index (χ2n) is 3.59. The topological polar surface area (TPSA) is 48.4 Å². The summed E-state index contributed by atoms with van der Waals surface area (Å²) in [5.74, 6) is 0.453. The number of nitrogens with zero attached hydrogens (tertiary/aromatic N) is 1. The number of ether oxygens (including phenoxy) is 2. The standard InChI is InChI=1S/C10H11NO3/c1-10(4-5-10)14-9(12)13-8-2-6-11-7-3-8/h2-3,6-7H,4-5H2,1H3. The molecule has 1 aliphatic carbocycles. The van der Waals surface area contributed by atoms with E-state index in [2.05, 4.69) is 4.98 Å². The number of carbonyl (C=O) groups is 1. The number of carbonyl (C=O) groups excluding carboxylic acids is 1. The van der Waals surface area contributed by atoms with Crippen LogP contribution in [0.5, 0.6) is 5.75 Å². The van der Waals surface area contributed by atoms with Crippen molar-refractivity contribution in [1.29, 1.82) is 0 Å². The highest BCUT2D eigenvalue weighted by molar-refractivity contribution is 5.64. The lowest BCUT2D eigenvalue weighted by Gasteiger charge is -2.10. The van der Waals surface area contributed by atoms with E-state index in [1.807, 2.05) is 6.92 Å². The number of hydrogen-bond acceptors (Lipinski definition) is 4. The van der Waals surface area contributed by atoms with E-state index in [9.17, 15) is 4.79 Å². The van der Waals surface area contributed by atoms with E-state index in [1.165, 1.54) is 0 Å². The van der Waals surface area contributed by atoms with Gasteiger partial charge in [-0.25, -0.2) is 4.79 Å². The molecule has 0 unspecified atom stereocenters. The summed E-state index contributed by atoms with van der Waals surface area (Å²) in [7, 11) is 0. The van der Waals surface area contributed by atoms with Crippen LogP contribution in [-0.4, -0.2) is 16.7 Å². The quantitative estimate of drug-likeness (QED) is 0.675. The smallest absolute Gasteiger partial charge is 0.428 e. The molecule has 1 saturated carbocycles. The first-order valence-corrected chi connectivity index (χ1v) is 4.49. The Morgan fingerprint density at radius 3 is 2.64 bits per heavy atom. The molecule has 0 aromatic carbocycles. The van der Waals surface area contributed by atoms with Gasteiger partial charge in [0.1, 0.15) is 11.4 Å². The largest absolute Gasteiger partial charge is 0.514 e. The Balaban J connectivity index is 1.89. The van der Waals surface area contributed by atoms with Gasteiger partial charge in [-0.1, -0.05) is 0 Å². The summed E-state index contributed by atoms with van der Waals surface area (Å²) < 4.78 is 10.0. The van der Waals surface area contributed by atoms with Crippen molar-refractivity contribution in [3.8, 4) is 5.75 Å². The molecule has 4 nitrogen and oxygen atoms in total. The fraction of sp³-hybridized carbons (Fsp3) is 0.400. The van der Waals surface area contributed by atoms with Crippen molar-refractivity contribution >= 4 is 6.16 Å². The number of pyridine rings is 1. The van der Waals surface area contributed by atoms with E-state index in [4.69, 9.17) is 9.47 Å². The fourth-order valence-electron chi connectivity index (χ4n) is 1.00. The van der Waals surface area contributed by atoms with Gasteiger partial charge in [-0.05, 0) is 31.9 Å². The summed E-state index contributed by atoms with van der Waals surface area (Å²) in [6.45, 7) is 1.89. The van der Waals surface area contributed by atoms with E-state index >= 15 is 0 Å². The summed E-state index contributed by atoms with van der Waals surface area (Å²) in [5.41, 5.74) is -0.288. The Kier molecular flexibility index (Phi) is 2.11. The molecule has 0 saturated heterocycles. The Hall–Kier alpha value is -1.58. The van der Waals surface area contributed by atoms with Gasteiger partial charge in [0.05, 0.1) is 0 Å². The minimum absolute atomic E-state index is 0.288. The third-order valence-corrected chi connectivity index (χ3v) is 2.13. The highest BCUT2D eigenvalue weighted by Gasteiger charge is 2.42. The van der Waals surface area contributed by atoms with Crippen LogP contribution in [0.3, 0.4) is 0 Å². The van der Waals surface area contributed by atoms with Crippen LogP contribution in [0.4, 0.5) is 4.79 Å². The van der Waals surface area contributed by atoms with Crippen molar-refractivity contribution < 1.29 is 14.3 Å². The van der Waals surface area contributed by atoms with Gasteiger partial charge in [-0.2, -0.15) is 0 Å². The van der Waals surface area contributed by atoms with Crippen LogP contribution >= 0.6 is 0 Å². The molecule has 1 heterocycles. The van der Waals surface area contributed by atoms with Crippen molar-refractivity contribution in [2.75, 3.05) is 0 Å². The van der Waals surface area contributed by atoms with Gasteiger partial charge in [0, 0.05) is 12.4 Å². The highest BCUT2D eigenvalue weighted by Crippen LogP contribution is 2.38. The molecule has 0 spiro atoms. The number of aromatic nitrogens is 1. The third kappa shape index (κ3) is 2.22. The summed E-state index contributed by atoms with van der Waals surface area (Å²) in [4.78, 5) is 15.0. The molecule has 0 aliphatic heterocycles. The summed E-state index contributed by atoms with van der Waals surface area (Å²) >= 11 is 0. The van der Waals surface area contributed by atoms with Crippen LogP contribution in [0.25, 0.3) is 0 Å². The van der Waals surface area contributed by atoms with Gasteiger partial charge in [0.25, 0.3) is 0 Å². The van der Waals surface area contributed by atoms with Crippen LogP contribution in [0.15, 0.2) is 24.5 Å². The molecule has 2 rings (SSSR count). The van der Waals surface area contributed by atoms with E-state index in [-0.39, 0.29) is 5.60 Å². The maximum Gasteiger partial charge on any atom is 0.514 e. The monoisotopic (exact) mass is 193 g/mol. The Labute approximate surface area is 81.9 Å². The van der Waals surface area contributed by atoms with Gasteiger partial charge < -0.3 is 9.47 Å². The summed E-state index contributed by atoms with van der Waals surface area (Å²) in [5, 5.41) is 0. The molecule has 0 atom stereocenters. The molecule has 0 N–H and O–H groups in total. The lowest BCUT2D eigenvalue weighted by Crippen LogP contribution is -2.18. The molecular weight excluding hydrogens is 182 g/mol. The van der Waals surface area contributed by atoms with Gasteiger partial charge >= 0.3 is 6.16 Å². The lowest BCUT2D eigenvalue weighted by molar-refractivity contribution is 0.0543. The maximum atomic E-state index is 11.2. The molecule has 0 bridgehead atoms. The Morgan fingerprint density at radius 2 is 2.07 bits per heavy atom. The van der Waals surface area contributed by atoms with Gasteiger partial charge in [-0.15, -0.1) is 0 Å². The van der Waals surface area contributed by atoms with Gasteiger partial charge in [-0.3, -0.25) is 4.98 Å². The van der Waals surface area contributed by atoms with Crippen LogP contribution in [0.1, 0.15) is 19.8 Å². The molecular formula is C10H11NO3. The second-order valence-corrected chi connectivity index (χ2v) is 3.59. The minimum atomic E-state index is -0.642. The fourth-order valence-corrected chi connectivity index (χ4v) is 1.00. The lowest BCUT2D eigenvalue weighted by atomic mass is 10.4. The van der Waals surface area contributed by atoms with Gasteiger partial charge in [0.2, 0.25) is 0 Å². The molecule has 0 radical (unpaired) electrons. The molecule has 1 aliphatic rings. The minimum Gasteiger partial charge on any atom is -0.428 e. The first-order chi connectivity index (χ1) is 6.68. The maximum absolute atomic E-state index is 11.2. The van der Waals surface area contributed by atoms with Crippen LogP contribution in [-0.2, 0) is 4.74 Å². The number of rotatable bonds is 2. The van der Waals surface area contributed by atoms with Crippen molar-refractivity contribution in [3.63, 3.8) is 0 Å². The first-order valence-electron chi connectivity index (χ1n) is 4.49. The Morgan fingerprint density at radius 1 is 1.43 bits per heavy atom. The predicted octanol–water partition coefficient (Wildman–Crippen LogP) is 2.15. The zero-order valence-electron chi connectivity index (χ0n) is 7.90. The molecule has 1 aromatic heterocycles. The summed E-state index contributed by atoms with van der Waals surface area (Å²) in [6, 6.07) is 3.22. The third-order valence-electron chi connectivity index (χ3n) is 2.13. The van der Waals surface area contributed by atoms with Crippen molar-refractivity contribution in [2.45, 2.75) is 25.4 Å². The zero-order chi connectivity index (χ0) is 10.0. The molecule has 4 heteroatoms. The van der Waals surface area contributed by atoms with Crippen molar-refractivity contribution in [3.05, 3.63) is 24.5 Å². The van der Waals surface area contributed by atoms with Crippen molar-refractivity contribution in [2.24, 2.45) is 0 Å². The normalized spacial score (nSPS) is 17.2. The Bertz CT molecular complexity index is 332. The summed E-state index contributed by atoms with van der Waals surface area (Å²) in [6.07, 6.45) is 4.30. The van der Waals surface area contributed by atoms with Crippen LogP contribution in [0.2, 0.25) is 0 Å². The SMILES string of the molecule is CC1(OC(=O)Oc2ccncc2)CC1. The zero-order valence-corrected chi connectivity index (χ0v) is 7.90. The molecule has 74 valence electrons. The van der Waals surface area contributed by atoms with E-state index in [1.54, 1.807) is 24.5 Å². The molecule has 0 amide bonds. The average Bonchev–Trinajstić information content (AvgIpc) is 2.84. The first kappa shape index (κ1) is 8.99. The predicted molar refractivity (Wildman–Crippen MR) is 49.0 cm³/mol. The van der Waals surface area contributed by atoms with Crippen LogP contribution < -0.4 is 4.74 Å². The van der Waals surface area contributed by atoms with Crippen molar-refractivity contribution in [1.82, 2.24) is 4.98 Å². The highest BCUT2D eigenvalue weighted by atomic mass is 16.7.